The highest BCUT2D eigenvalue weighted by Crippen LogP contribution is 2.20. The predicted molar refractivity (Wildman–Crippen MR) is 75.4 cm³/mol. The molecule has 3 aromatic rings. The summed E-state index contributed by atoms with van der Waals surface area (Å²) in [5, 5.41) is 0. The number of nitrogens with zero attached hydrogens (tertiary/aromatic N) is 1. The summed E-state index contributed by atoms with van der Waals surface area (Å²) in [5.74, 6) is 0. The molecule has 0 atom stereocenters. The predicted octanol–water partition coefficient (Wildman–Crippen LogP) is 4.20. The molecule has 0 amide bonds. The number of hydrogen-bond acceptors (Lipinski definition) is 0. The fraction of sp³-hybridized carbons (Fsp3) is 0.0588. The Hall–Kier alpha value is -2.28. The van der Waals surface area contributed by atoms with Crippen LogP contribution in [0, 0.1) is 0 Å². The van der Waals surface area contributed by atoms with Crippen LogP contribution < -0.4 is 0 Å². The molecule has 18 heavy (non-hydrogen) atoms. The van der Waals surface area contributed by atoms with Gasteiger partial charge in [-0.2, -0.15) is 0 Å². The number of hydrogen-bond donors (Lipinski definition) is 0. The Kier molecular flexibility index (Phi) is 2.97. The van der Waals surface area contributed by atoms with Gasteiger partial charge in [-0.25, -0.2) is 0 Å². The van der Waals surface area contributed by atoms with E-state index in [9.17, 15) is 0 Å². The molecule has 0 N–H and O–H groups in total. The summed E-state index contributed by atoms with van der Waals surface area (Å²) in [6.45, 7) is 0.915. The topological polar surface area (TPSA) is 4.93 Å². The molecule has 1 aromatic heterocycles. The van der Waals surface area contributed by atoms with Crippen molar-refractivity contribution in [1.29, 1.82) is 0 Å². The molecule has 3 rings (SSSR count). The normalized spacial score (nSPS) is 10.4. The monoisotopic (exact) mass is 233 g/mol. The summed E-state index contributed by atoms with van der Waals surface area (Å²) in [7, 11) is 0. The van der Waals surface area contributed by atoms with Crippen molar-refractivity contribution in [3.63, 3.8) is 0 Å². The SMILES string of the molecule is c1ccc(Cn2cccc2-c2ccccc2)cc1. The van der Waals surface area contributed by atoms with E-state index in [-0.39, 0.29) is 0 Å². The molecule has 0 spiro atoms. The third kappa shape index (κ3) is 2.21. The summed E-state index contributed by atoms with van der Waals surface area (Å²) in [5.41, 5.74) is 3.85. The molecule has 0 unspecified atom stereocenters. The van der Waals surface area contributed by atoms with Crippen LogP contribution in [0.5, 0.6) is 0 Å². The summed E-state index contributed by atoms with van der Waals surface area (Å²) < 4.78 is 2.28. The fourth-order valence-electron chi connectivity index (χ4n) is 2.20. The van der Waals surface area contributed by atoms with Gasteiger partial charge in [-0.1, -0.05) is 60.7 Å². The van der Waals surface area contributed by atoms with Crippen molar-refractivity contribution in [1.82, 2.24) is 4.57 Å². The lowest BCUT2D eigenvalue weighted by molar-refractivity contribution is 0.814. The van der Waals surface area contributed by atoms with Gasteiger partial charge in [-0.05, 0) is 23.3 Å². The van der Waals surface area contributed by atoms with Crippen molar-refractivity contribution in [2.45, 2.75) is 6.54 Å². The van der Waals surface area contributed by atoms with Crippen molar-refractivity contribution in [3.05, 3.63) is 84.6 Å². The number of benzene rings is 2. The lowest BCUT2D eigenvalue weighted by Gasteiger charge is -2.09. The number of aromatic nitrogens is 1. The van der Waals surface area contributed by atoms with E-state index < -0.39 is 0 Å². The minimum Gasteiger partial charge on any atom is -0.343 e. The maximum Gasteiger partial charge on any atom is 0.0483 e. The van der Waals surface area contributed by atoms with Crippen molar-refractivity contribution >= 4 is 0 Å². The largest absolute Gasteiger partial charge is 0.343 e. The lowest BCUT2D eigenvalue weighted by atomic mass is 10.1. The second-order valence-corrected chi connectivity index (χ2v) is 4.37. The first-order valence-corrected chi connectivity index (χ1v) is 6.18. The van der Waals surface area contributed by atoms with Gasteiger partial charge < -0.3 is 4.57 Å². The minimum absolute atomic E-state index is 0.915. The molecule has 0 bridgehead atoms. The van der Waals surface area contributed by atoms with Gasteiger partial charge in [0.25, 0.3) is 0 Å². The third-order valence-electron chi connectivity index (χ3n) is 3.09. The van der Waals surface area contributed by atoms with Crippen LogP contribution in [0.4, 0.5) is 0 Å². The van der Waals surface area contributed by atoms with Crippen molar-refractivity contribution < 1.29 is 0 Å². The molecular weight excluding hydrogens is 218 g/mol. The Morgan fingerprint density at radius 1 is 0.667 bits per heavy atom. The van der Waals surface area contributed by atoms with E-state index in [4.69, 9.17) is 0 Å². The second-order valence-electron chi connectivity index (χ2n) is 4.37. The fourth-order valence-corrected chi connectivity index (χ4v) is 2.20. The summed E-state index contributed by atoms with van der Waals surface area (Å²) in [6.07, 6.45) is 2.13. The molecular formula is C17H15N. The zero-order valence-electron chi connectivity index (χ0n) is 10.2. The highest BCUT2D eigenvalue weighted by Gasteiger charge is 2.03. The molecule has 0 aliphatic rings. The van der Waals surface area contributed by atoms with Gasteiger partial charge in [-0.15, -0.1) is 0 Å². The van der Waals surface area contributed by atoms with Crippen LogP contribution in [0.15, 0.2) is 79.0 Å². The Balaban J connectivity index is 1.93. The van der Waals surface area contributed by atoms with E-state index in [2.05, 4.69) is 77.5 Å². The molecule has 88 valence electrons. The second kappa shape index (κ2) is 4.92. The van der Waals surface area contributed by atoms with Gasteiger partial charge >= 0.3 is 0 Å². The van der Waals surface area contributed by atoms with Crippen LogP contribution >= 0.6 is 0 Å². The minimum atomic E-state index is 0.915. The zero-order chi connectivity index (χ0) is 12.2. The smallest absolute Gasteiger partial charge is 0.0483 e. The molecule has 2 aromatic carbocycles. The van der Waals surface area contributed by atoms with E-state index in [1.54, 1.807) is 0 Å². The van der Waals surface area contributed by atoms with Crippen LogP contribution in [0.1, 0.15) is 5.56 Å². The quantitative estimate of drug-likeness (QED) is 0.639. The van der Waals surface area contributed by atoms with Crippen LogP contribution in [0.2, 0.25) is 0 Å². The molecule has 1 heteroatoms. The third-order valence-corrected chi connectivity index (χ3v) is 3.09. The average molecular weight is 233 g/mol. The maximum atomic E-state index is 2.28. The Bertz CT molecular complexity index is 608. The average Bonchev–Trinajstić information content (AvgIpc) is 2.89. The molecule has 0 saturated heterocycles. The zero-order valence-corrected chi connectivity index (χ0v) is 10.2. The van der Waals surface area contributed by atoms with E-state index >= 15 is 0 Å². The maximum absolute atomic E-state index is 2.28. The van der Waals surface area contributed by atoms with Gasteiger partial charge in [0.05, 0.1) is 0 Å². The molecule has 0 fully saturated rings. The van der Waals surface area contributed by atoms with E-state index in [1.165, 1.54) is 16.8 Å². The van der Waals surface area contributed by atoms with Crippen LogP contribution in [-0.4, -0.2) is 4.57 Å². The summed E-state index contributed by atoms with van der Waals surface area (Å²) >= 11 is 0. The molecule has 0 aliphatic heterocycles. The van der Waals surface area contributed by atoms with Gasteiger partial charge in [0.2, 0.25) is 0 Å². The first-order chi connectivity index (χ1) is 8.93. The van der Waals surface area contributed by atoms with Gasteiger partial charge in [-0.3, -0.25) is 0 Å². The number of rotatable bonds is 3. The van der Waals surface area contributed by atoms with Crippen LogP contribution in [-0.2, 0) is 6.54 Å². The summed E-state index contributed by atoms with van der Waals surface area (Å²) in [6, 6.07) is 25.3. The Morgan fingerprint density at radius 2 is 1.33 bits per heavy atom. The summed E-state index contributed by atoms with van der Waals surface area (Å²) in [4.78, 5) is 0. The lowest BCUT2D eigenvalue weighted by Crippen LogP contribution is -1.99. The van der Waals surface area contributed by atoms with E-state index in [0.717, 1.165) is 6.54 Å². The first-order valence-electron chi connectivity index (χ1n) is 6.18. The van der Waals surface area contributed by atoms with Gasteiger partial charge in [0.1, 0.15) is 0 Å². The first kappa shape index (κ1) is 10.8. The molecule has 0 aliphatic carbocycles. The van der Waals surface area contributed by atoms with Gasteiger partial charge in [0.15, 0.2) is 0 Å². The Morgan fingerprint density at radius 3 is 2.06 bits per heavy atom. The Labute approximate surface area is 107 Å². The van der Waals surface area contributed by atoms with Gasteiger partial charge in [0, 0.05) is 18.4 Å². The van der Waals surface area contributed by atoms with E-state index in [0.29, 0.717) is 0 Å². The van der Waals surface area contributed by atoms with Crippen molar-refractivity contribution in [2.24, 2.45) is 0 Å². The molecule has 0 radical (unpaired) electrons. The van der Waals surface area contributed by atoms with Crippen LogP contribution in [0.3, 0.4) is 0 Å². The molecule has 1 heterocycles. The molecule has 0 saturated carbocycles. The standard InChI is InChI=1S/C17H15N/c1-3-8-15(9-4-1)14-18-13-7-12-17(18)16-10-5-2-6-11-16/h1-13H,14H2. The van der Waals surface area contributed by atoms with Crippen LogP contribution in [0.25, 0.3) is 11.3 Å². The van der Waals surface area contributed by atoms with Crippen molar-refractivity contribution in [2.75, 3.05) is 0 Å². The molecule has 1 nitrogen and oxygen atoms in total. The highest BCUT2D eigenvalue weighted by molar-refractivity contribution is 5.60. The highest BCUT2D eigenvalue weighted by atomic mass is 15.0. The van der Waals surface area contributed by atoms with E-state index in [1.807, 2.05) is 6.07 Å². The van der Waals surface area contributed by atoms with Crippen molar-refractivity contribution in [3.8, 4) is 11.3 Å².